The van der Waals surface area contributed by atoms with E-state index in [2.05, 4.69) is 110 Å². The van der Waals surface area contributed by atoms with Crippen LogP contribution < -0.4 is 4.90 Å². The van der Waals surface area contributed by atoms with Gasteiger partial charge in [-0.1, -0.05) is 80.0 Å². The summed E-state index contributed by atoms with van der Waals surface area (Å²) < 4.78 is 2.62. The SMILES string of the molecule is CC1(C)c2ccccc2-c2ccc(N(c3cccc(Cl)c3)c3ccc4sc5ccccc5c4c3)cc21. The van der Waals surface area contributed by atoms with Gasteiger partial charge in [-0.2, -0.15) is 0 Å². The van der Waals surface area contributed by atoms with E-state index < -0.39 is 0 Å². The van der Waals surface area contributed by atoms with Crippen molar-refractivity contribution in [3.05, 3.63) is 125 Å². The highest BCUT2D eigenvalue weighted by molar-refractivity contribution is 7.25. The molecule has 1 nitrogen and oxygen atoms in total. The molecule has 0 N–H and O–H groups in total. The molecule has 0 amide bonds. The molecule has 0 unspecified atom stereocenters. The van der Waals surface area contributed by atoms with Gasteiger partial charge in [-0.25, -0.2) is 0 Å². The van der Waals surface area contributed by atoms with Crippen molar-refractivity contribution in [2.75, 3.05) is 4.90 Å². The highest BCUT2D eigenvalue weighted by atomic mass is 35.5. The molecule has 1 heterocycles. The van der Waals surface area contributed by atoms with Gasteiger partial charge in [-0.05, 0) is 76.9 Å². The Kier molecular flexibility index (Phi) is 4.79. The Labute approximate surface area is 220 Å². The first-order chi connectivity index (χ1) is 17.5. The average Bonchev–Trinajstić information content (AvgIpc) is 3.37. The first-order valence-electron chi connectivity index (χ1n) is 12.2. The second kappa shape index (κ2) is 7.96. The molecule has 174 valence electrons. The number of nitrogens with zero attached hydrogens (tertiary/aromatic N) is 1. The third kappa shape index (κ3) is 3.22. The van der Waals surface area contributed by atoms with Crippen LogP contribution in [0.1, 0.15) is 25.0 Å². The van der Waals surface area contributed by atoms with Crippen LogP contribution in [0.5, 0.6) is 0 Å². The van der Waals surface area contributed by atoms with Crippen LogP contribution >= 0.6 is 22.9 Å². The van der Waals surface area contributed by atoms with Gasteiger partial charge in [0.2, 0.25) is 0 Å². The van der Waals surface area contributed by atoms with Crippen LogP contribution in [0, 0.1) is 0 Å². The Morgan fingerprint density at radius 2 is 1.28 bits per heavy atom. The van der Waals surface area contributed by atoms with Crippen molar-refractivity contribution < 1.29 is 0 Å². The minimum absolute atomic E-state index is 0.0601. The number of rotatable bonds is 3. The first-order valence-corrected chi connectivity index (χ1v) is 13.4. The van der Waals surface area contributed by atoms with Crippen molar-refractivity contribution in [1.29, 1.82) is 0 Å². The first kappa shape index (κ1) is 21.7. The summed E-state index contributed by atoms with van der Waals surface area (Å²) in [7, 11) is 0. The topological polar surface area (TPSA) is 3.24 Å². The highest BCUT2D eigenvalue weighted by Crippen LogP contribution is 2.51. The lowest BCUT2D eigenvalue weighted by Gasteiger charge is -2.28. The van der Waals surface area contributed by atoms with E-state index >= 15 is 0 Å². The molecule has 0 fully saturated rings. The predicted octanol–water partition coefficient (Wildman–Crippen LogP) is 10.5. The Morgan fingerprint density at radius 1 is 0.583 bits per heavy atom. The van der Waals surface area contributed by atoms with E-state index in [1.165, 1.54) is 42.4 Å². The highest BCUT2D eigenvalue weighted by Gasteiger charge is 2.35. The number of thiophene rings is 1. The molecule has 0 saturated carbocycles. The van der Waals surface area contributed by atoms with Crippen LogP contribution in [-0.2, 0) is 5.41 Å². The zero-order valence-corrected chi connectivity index (χ0v) is 21.7. The fourth-order valence-corrected chi connectivity index (χ4v) is 7.02. The van der Waals surface area contributed by atoms with Crippen LogP contribution in [0.15, 0.2) is 109 Å². The third-order valence-corrected chi connectivity index (χ3v) is 8.90. The molecule has 0 spiro atoms. The summed E-state index contributed by atoms with van der Waals surface area (Å²) in [5.41, 5.74) is 8.66. The van der Waals surface area contributed by atoms with Crippen LogP contribution in [-0.4, -0.2) is 0 Å². The lowest BCUT2D eigenvalue weighted by Crippen LogP contribution is -2.16. The number of benzene rings is 5. The van der Waals surface area contributed by atoms with E-state index in [9.17, 15) is 0 Å². The Hall–Kier alpha value is -3.59. The summed E-state index contributed by atoms with van der Waals surface area (Å²) in [4.78, 5) is 2.33. The Morgan fingerprint density at radius 3 is 2.17 bits per heavy atom. The number of halogens is 1. The van der Waals surface area contributed by atoms with Crippen LogP contribution in [0.3, 0.4) is 0 Å². The molecule has 6 aromatic rings. The Bertz CT molecular complexity index is 1800. The maximum Gasteiger partial charge on any atom is 0.0476 e. The van der Waals surface area contributed by atoms with Crippen molar-refractivity contribution in [2.24, 2.45) is 0 Å². The molecule has 36 heavy (non-hydrogen) atoms. The fraction of sp³-hybridized carbons (Fsp3) is 0.0909. The van der Waals surface area contributed by atoms with Gasteiger partial charge in [0.05, 0.1) is 0 Å². The minimum atomic E-state index is -0.0601. The Balaban J connectivity index is 1.45. The van der Waals surface area contributed by atoms with Crippen LogP contribution in [0.2, 0.25) is 5.02 Å². The lowest BCUT2D eigenvalue weighted by molar-refractivity contribution is 0.660. The largest absolute Gasteiger partial charge is 0.310 e. The molecular formula is C33H24ClNS. The summed E-state index contributed by atoms with van der Waals surface area (Å²) in [5, 5.41) is 3.32. The van der Waals surface area contributed by atoms with Gasteiger partial charge >= 0.3 is 0 Å². The van der Waals surface area contributed by atoms with Gasteiger partial charge in [-0.3, -0.25) is 0 Å². The van der Waals surface area contributed by atoms with E-state index in [-0.39, 0.29) is 5.41 Å². The molecular weight excluding hydrogens is 478 g/mol. The summed E-state index contributed by atoms with van der Waals surface area (Å²) in [6.07, 6.45) is 0. The van der Waals surface area contributed by atoms with Crippen molar-refractivity contribution in [1.82, 2.24) is 0 Å². The number of fused-ring (bicyclic) bond motifs is 6. The standard InChI is InChI=1S/C33H24ClNS/c1-33(2)29-12-5-3-10-25(29)26-16-14-24(20-30(26)33)35(22-9-7-8-21(34)18-22)23-15-17-32-28(19-23)27-11-4-6-13-31(27)36-32/h3-20H,1-2H3. The van der Waals surface area contributed by atoms with Gasteiger partial charge in [0.15, 0.2) is 0 Å². The average molecular weight is 502 g/mol. The van der Waals surface area contributed by atoms with Crippen LogP contribution in [0.4, 0.5) is 17.1 Å². The fourth-order valence-electron chi connectivity index (χ4n) is 5.75. The van der Waals surface area contributed by atoms with Gasteiger partial charge < -0.3 is 4.90 Å². The molecule has 0 radical (unpaired) electrons. The molecule has 5 aromatic carbocycles. The quantitative estimate of drug-likeness (QED) is 0.233. The maximum atomic E-state index is 6.49. The van der Waals surface area contributed by atoms with Crippen molar-refractivity contribution >= 4 is 60.2 Å². The summed E-state index contributed by atoms with van der Waals surface area (Å²) in [6, 6.07) is 39.3. The molecule has 1 aromatic heterocycles. The maximum absolute atomic E-state index is 6.49. The van der Waals surface area contributed by atoms with Gasteiger partial charge in [0.25, 0.3) is 0 Å². The predicted molar refractivity (Wildman–Crippen MR) is 157 cm³/mol. The molecule has 1 aliphatic carbocycles. The van der Waals surface area contributed by atoms with Crippen molar-refractivity contribution in [3.8, 4) is 11.1 Å². The molecule has 0 aliphatic heterocycles. The third-order valence-electron chi connectivity index (χ3n) is 7.51. The molecule has 0 bridgehead atoms. The van der Waals surface area contributed by atoms with E-state index in [4.69, 9.17) is 11.6 Å². The zero-order chi connectivity index (χ0) is 24.4. The van der Waals surface area contributed by atoms with E-state index in [1.54, 1.807) is 0 Å². The van der Waals surface area contributed by atoms with E-state index in [0.717, 1.165) is 22.1 Å². The normalized spacial score (nSPS) is 13.6. The molecule has 7 rings (SSSR count). The van der Waals surface area contributed by atoms with E-state index in [1.807, 2.05) is 29.5 Å². The summed E-state index contributed by atoms with van der Waals surface area (Å²) in [6.45, 7) is 4.66. The molecule has 3 heteroatoms. The second-order valence-electron chi connectivity index (χ2n) is 9.99. The number of hydrogen-bond donors (Lipinski definition) is 0. The second-order valence-corrected chi connectivity index (χ2v) is 11.5. The summed E-state index contributed by atoms with van der Waals surface area (Å²) in [5.74, 6) is 0. The van der Waals surface area contributed by atoms with Crippen molar-refractivity contribution in [2.45, 2.75) is 19.3 Å². The number of hydrogen-bond acceptors (Lipinski definition) is 2. The summed E-state index contributed by atoms with van der Waals surface area (Å²) >= 11 is 8.34. The van der Waals surface area contributed by atoms with Gasteiger partial charge in [0, 0.05) is 47.7 Å². The van der Waals surface area contributed by atoms with Gasteiger partial charge in [-0.15, -0.1) is 11.3 Å². The minimum Gasteiger partial charge on any atom is -0.310 e. The molecule has 0 saturated heterocycles. The van der Waals surface area contributed by atoms with Crippen LogP contribution in [0.25, 0.3) is 31.3 Å². The zero-order valence-electron chi connectivity index (χ0n) is 20.1. The number of anilines is 3. The molecule has 1 aliphatic rings. The van der Waals surface area contributed by atoms with Crippen molar-refractivity contribution in [3.63, 3.8) is 0 Å². The smallest absolute Gasteiger partial charge is 0.0476 e. The van der Waals surface area contributed by atoms with Gasteiger partial charge in [0.1, 0.15) is 0 Å². The molecule has 0 atom stereocenters. The lowest BCUT2D eigenvalue weighted by atomic mass is 9.82. The monoisotopic (exact) mass is 501 g/mol. The van der Waals surface area contributed by atoms with E-state index in [0.29, 0.717) is 0 Å².